The second-order valence-electron chi connectivity index (χ2n) is 6.31. The van der Waals surface area contributed by atoms with Gasteiger partial charge >= 0.3 is 11.9 Å². The van der Waals surface area contributed by atoms with Crippen LogP contribution in [0.25, 0.3) is 0 Å². The van der Waals surface area contributed by atoms with Crippen LogP contribution in [0.4, 0.5) is 5.88 Å². The summed E-state index contributed by atoms with van der Waals surface area (Å²) in [6.45, 7) is 0.334. The van der Waals surface area contributed by atoms with Crippen LogP contribution in [0.15, 0.2) is 16.5 Å². The Bertz CT molecular complexity index is 638. The monoisotopic (exact) mass is 336 g/mol. The van der Waals surface area contributed by atoms with E-state index >= 15 is 0 Å². The zero-order valence-electron chi connectivity index (χ0n) is 13.3. The van der Waals surface area contributed by atoms with E-state index in [2.05, 4.69) is 0 Å². The van der Waals surface area contributed by atoms with Crippen LogP contribution in [-0.4, -0.2) is 40.9 Å². The maximum Gasteiger partial charge on any atom is 0.433 e. The van der Waals surface area contributed by atoms with E-state index in [9.17, 15) is 19.7 Å². The van der Waals surface area contributed by atoms with Crippen LogP contribution < -0.4 is 0 Å². The van der Waals surface area contributed by atoms with Gasteiger partial charge in [-0.3, -0.25) is 14.9 Å². The SMILES string of the molecule is O=C(OCC(=O)N1CCC[C@@H]2CCCC[C@H]21)c1ccc([N+](=O)[O-])o1. The highest BCUT2D eigenvalue weighted by Crippen LogP contribution is 2.35. The van der Waals surface area contributed by atoms with Crippen molar-refractivity contribution in [1.29, 1.82) is 0 Å². The highest BCUT2D eigenvalue weighted by atomic mass is 16.7. The number of piperidine rings is 1. The second-order valence-corrected chi connectivity index (χ2v) is 6.31. The third-order valence-electron chi connectivity index (χ3n) is 4.86. The fourth-order valence-electron chi connectivity index (χ4n) is 3.75. The molecule has 0 aromatic carbocycles. The van der Waals surface area contributed by atoms with Gasteiger partial charge in [-0.05, 0) is 37.7 Å². The number of hydrogen-bond donors (Lipinski definition) is 0. The van der Waals surface area contributed by atoms with Crippen molar-refractivity contribution >= 4 is 17.8 Å². The Balaban J connectivity index is 1.56. The number of esters is 1. The molecule has 0 unspecified atom stereocenters. The third-order valence-corrected chi connectivity index (χ3v) is 4.86. The van der Waals surface area contributed by atoms with Crippen molar-refractivity contribution in [3.05, 3.63) is 28.0 Å². The van der Waals surface area contributed by atoms with E-state index in [4.69, 9.17) is 9.15 Å². The topological polar surface area (TPSA) is 103 Å². The zero-order chi connectivity index (χ0) is 17.1. The van der Waals surface area contributed by atoms with E-state index < -0.39 is 16.8 Å². The van der Waals surface area contributed by atoms with Gasteiger partial charge in [-0.2, -0.15) is 0 Å². The predicted molar refractivity (Wildman–Crippen MR) is 82.3 cm³/mol. The highest BCUT2D eigenvalue weighted by molar-refractivity contribution is 5.89. The van der Waals surface area contributed by atoms with Crippen LogP contribution in [-0.2, 0) is 9.53 Å². The van der Waals surface area contributed by atoms with Crippen LogP contribution in [0.3, 0.4) is 0 Å². The quantitative estimate of drug-likeness (QED) is 0.475. The molecule has 3 rings (SSSR count). The highest BCUT2D eigenvalue weighted by Gasteiger charge is 2.36. The lowest BCUT2D eigenvalue weighted by Crippen LogP contribution is -2.50. The molecular formula is C16H20N2O6. The van der Waals surface area contributed by atoms with Gasteiger partial charge in [0.25, 0.3) is 5.91 Å². The minimum Gasteiger partial charge on any atom is -0.450 e. The molecule has 0 N–H and O–H groups in total. The van der Waals surface area contributed by atoms with Gasteiger partial charge in [0.2, 0.25) is 5.76 Å². The minimum absolute atomic E-state index is 0.207. The third kappa shape index (κ3) is 3.42. The molecular weight excluding hydrogens is 316 g/mol. The molecule has 8 nitrogen and oxygen atoms in total. The Kier molecular flexibility index (Phi) is 4.82. The molecule has 1 saturated carbocycles. The lowest BCUT2D eigenvalue weighted by Gasteiger charge is -2.44. The van der Waals surface area contributed by atoms with Gasteiger partial charge < -0.3 is 14.1 Å². The summed E-state index contributed by atoms with van der Waals surface area (Å²) in [4.78, 5) is 35.9. The van der Waals surface area contributed by atoms with Crippen molar-refractivity contribution in [1.82, 2.24) is 4.90 Å². The predicted octanol–water partition coefficient (Wildman–Crippen LogP) is 2.53. The van der Waals surface area contributed by atoms with E-state index in [-0.39, 0.29) is 24.3 Å². The number of carbonyl (C=O) groups is 2. The molecule has 2 fully saturated rings. The lowest BCUT2D eigenvalue weighted by molar-refractivity contribution is -0.402. The number of carbonyl (C=O) groups excluding carboxylic acids is 2. The summed E-state index contributed by atoms with van der Waals surface area (Å²) in [6.07, 6.45) is 6.64. The second kappa shape index (κ2) is 7.02. The molecule has 2 heterocycles. The number of ether oxygens (including phenoxy) is 1. The number of nitro groups is 1. The molecule has 24 heavy (non-hydrogen) atoms. The number of furan rings is 1. The first-order valence-corrected chi connectivity index (χ1v) is 8.27. The molecule has 8 heteroatoms. The Morgan fingerprint density at radius 3 is 2.75 bits per heavy atom. The Morgan fingerprint density at radius 1 is 1.25 bits per heavy atom. The maximum absolute atomic E-state index is 12.4. The van der Waals surface area contributed by atoms with E-state index in [1.54, 1.807) is 0 Å². The molecule has 1 saturated heterocycles. The largest absolute Gasteiger partial charge is 0.450 e. The molecule has 130 valence electrons. The van der Waals surface area contributed by atoms with Gasteiger partial charge in [0.05, 0.1) is 6.07 Å². The Hall–Kier alpha value is -2.38. The van der Waals surface area contributed by atoms with Gasteiger partial charge in [-0.25, -0.2) is 4.79 Å². The summed E-state index contributed by atoms with van der Waals surface area (Å²) >= 11 is 0. The van der Waals surface area contributed by atoms with Crippen LogP contribution in [0.2, 0.25) is 0 Å². The molecule has 1 aromatic rings. The van der Waals surface area contributed by atoms with E-state index in [1.807, 2.05) is 4.90 Å². The number of nitrogens with zero attached hydrogens (tertiary/aromatic N) is 2. The average Bonchev–Trinajstić information content (AvgIpc) is 3.09. The number of fused-ring (bicyclic) bond motifs is 1. The zero-order valence-corrected chi connectivity index (χ0v) is 13.3. The number of amides is 1. The minimum atomic E-state index is -0.867. The molecule has 2 atom stereocenters. The van der Waals surface area contributed by atoms with E-state index in [0.717, 1.165) is 38.2 Å². The lowest BCUT2D eigenvalue weighted by atomic mass is 9.78. The van der Waals surface area contributed by atoms with Crippen molar-refractivity contribution in [2.75, 3.05) is 13.2 Å². The fraction of sp³-hybridized carbons (Fsp3) is 0.625. The Morgan fingerprint density at radius 2 is 2.00 bits per heavy atom. The molecule has 1 aliphatic carbocycles. The summed E-state index contributed by atoms with van der Waals surface area (Å²) in [5.41, 5.74) is 0. The maximum atomic E-state index is 12.4. The molecule has 0 bridgehead atoms. The molecule has 2 aliphatic rings. The van der Waals surface area contributed by atoms with Gasteiger partial charge in [-0.1, -0.05) is 12.8 Å². The standard InChI is InChI=1S/C16H20N2O6/c19-14(17-9-3-5-11-4-1-2-6-12(11)17)10-23-16(20)13-7-8-15(24-13)18(21)22/h7-8,11-12H,1-6,9-10H2/t11-,12+/m0/s1. The molecule has 1 amide bonds. The first-order chi connectivity index (χ1) is 11.6. The molecule has 1 aliphatic heterocycles. The van der Waals surface area contributed by atoms with E-state index in [0.29, 0.717) is 12.5 Å². The first-order valence-electron chi connectivity index (χ1n) is 8.27. The molecule has 0 spiro atoms. The summed E-state index contributed by atoms with van der Waals surface area (Å²) in [5, 5.41) is 10.5. The smallest absolute Gasteiger partial charge is 0.433 e. The molecule has 0 radical (unpaired) electrons. The Labute approximate surface area is 138 Å². The van der Waals surface area contributed by atoms with Crippen molar-refractivity contribution in [3.8, 4) is 0 Å². The van der Waals surface area contributed by atoms with Crippen LogP contribution in [0, 0.1) is 16.0 Å². The number of hydrogen-bond acceptors (Lipinski definition) is 6. The summed E-state index contributed by atoms with van der Waals surface area (Å²) in [5.74, 6) is -1.33. The van der Waals surface area contributed by atoms with Crippen LogP contribution in [0.5, 0.6) is 0 Å². The van der Waals surface area contributed by atoms with Gasteiger partial charge in [0.15, 0.2) is 6.61 Å². The summed E-state index contributed by atoms with van der Waals surface area (Å²) in [6, 6.07) is 2.50. The van der Waals surface area contributed by atoms with Gasteiger partial charge in [0, 0.05) is 12.6 Å². The van der Waals surface area contributed by atoms with Crippen molar-refractivity contribution in [2.45, 2.75) is 44.6 Å². The summed E-state index contributed by atoms with van der Waals surface area (Å²) < 4.78 is 9.74. The summed E-state index contributed by atoms with van der Waals surface area (Å²) in [7, 11) is 0. The van der Waals surface area contributed by atoms with Crippen molar-refractivity contribution < 1.29 is 23.7 Å². The average molecular weight is 336 g/mol. The van der Waals surface area contributed by atoms with Crippen molar-refractivity contribution in [3.63, 3.8) is 0 Å². The van der Waals surface area contributed by atoms with Gasteiger partial charge in [-0.15, -0.1) is 0 Å². The van der Waals surface area contributed by atoms with Gasteiger partial charge in [0.1, 0.15) is 4.92 Å². The van der Waals surface area contributed by atoms with E-state index in [1.165, 1.54) is 12.5 Å². The van der Waals surface area contributed by atoms with Crippen LogP contribution in [0.1, 0.15) is 49.1 Å². The fourth-order valence-corrected chi connectivity index (χ4v) is 3.75. The number of rotatable bonds is 4. The first kappa shape index (κ1) is 16.5. The van der Waals surface area contributed by atoms with Crippen molar-refractivity contribution in [2.24, 2.45) is 5.92 Å². The van der Waals surface area contributed by atoms with Crippen LogP contribution >= 0.6 is 0 Å². The molecule has 1 aromatic heterocycles. The normalized spacial score (nSPS) is 23.4. The number of likely N-dealkylation sites (tertiary alicyclic amines) is 1.